The highest BCUT2D eigenvalue weighted by Crippen LogP contribution is 2.36. The first kappa shape index (κ1) is 11.4. The van der Waals surface area contributed by atoms with E-state index in [4.69, 9.17) is 22.1 Å². The van der Waals surface area contributed by atoms with Gasteiger partial charge in [0.1, 0.15) is 17.5 Å². The van der Waals surface area contributed by atoms with Crippen molar-refractivity contribution < 1.29 is 14.2 Å². The summed E-state index contributed by atoms with van der Waals surface area (Å²) in [5.74, 6) is -2.04. The van der Waals surface area contributed by atoms with Crippen LogP contribution < -0.4 is 5.69 Å². The maximum absolute atomic E-state index is 13.6. The van der Waals surface area contributed by atoms with Crippen LogP contribution in [0.15, 0.2) is 17.1 Å². The van der Waals surface area contributed by atoms with Crippen molar-refractivity contribution in [3.8, 4) is 0 Å². The van der Waals surface area contributed by atoms with Gasteiger partial charge in [0, 0.05) is 12.6 Å². The van der Waals surface area contributed by atoms with Crippen molar-refractivity contribution in [1.29, 1.82) is 0 Å². The van der Waals surface area contributed by atoms with Crippen molar-refractivity contribution >= 4 is 12.2 Å². The molecule has 0 aromatic carbocycles. The van der Waals surface area contributed by atoms with Gasteiger partial charge in [-0.05, 0) is 12.5 Å². The molecule has 2 heterocycles. The summed E-state index contributed by atoms with van der Waals surface area (Å²) in [7, 11) is 0. The third-order valence-corrected chi connectivity index (χ3v) is 2.75. The normalized spacial score (nSPS) is 29.5. The van der Waals surface area contributed by atoms with Gasteiger partial charge < -0.3 is 9.84 Å². The minimum Gasteiger partial charge on any atom is -0.390 e. The first-order chi connectivity index (χ1) is 7.54. The predicted octanol–water partition coefficient (Wildman–Crippen LogP) is 0.873. The zero-order valence-electron chi connectivity index (χ0n) is 8.35. The van der Waals surface area contributed by atoms with E-state index in [-0.39, 0.29) is 6.42 Å². The molecule has 1 aromatic heterocycles. The molecule has 0 radical (unpaired) electrons. The summed E-state index contributed by atoms with van der Waals surface area (Å²) in [6.07, 6.45) is 1.16. The third kappa shape index (κ3) is 2.06. The number of hydrogen-bond acceptors (Lipinski definition) is 4. The van der Waals surface area contributed by atoms with Crippen LogP contribution >= 0.6 is 12.2 Å². The van der Waals surface area contributed by atoms with Gasteiger partial charge in [0.25, 0.3) is 0 Å². The Morgan fingerprint density at radius 2 is 2.56 bits per heavy atom. The van der Waals surface area contributed by atoms with Crippen LogP contribution in [-0.4, -0.2) is 27.1 Å². The van der Waals surface area contributed by atoms with Gasteiger partial charge in [-0.2, -0.15) is 0 Å². The molecule has 16 heavy (non-hydrogen) atoms. The van der Waals surface area contributed by atoms with E-state index in [2.05, 4.69) is 4.98 Å². The first-order valence-corrected chi connectivity index (χ1v) is 5.24. The highest BCUT2D eigenvalue weighted by atomic mass is 32.1. The van der Waals surface area contributed by atoms with Crippen molar-refractivity contribution in [2.24, 2.45) is 0 Å². The number of aromatic nitrogens is 2. The number of nitrogens with zero attached hydrogens (tertiary/aromatic N) is 1. The van der Waals surface area contributed by atoms with E-state index in [0.29, 0.717) is 11.1 Å². The topological polar surface area (TPSA) is 67.2 Å². The second-order valence-corrected chi connectivity index (χ2v) is 4.11. The highest BCUT2D eigenvalue weighted by Gasteiger charge is 2.40. The molecule has 0 unspecified atom stereocenters. The van der Waals surface area contributed by atoms with Crippen LogP contribution in [0, 0.1) is 4.64 Å². The summed E-state index contributed by atoms with van der Waals surface area (Å²) in [5, 5.41) is 8.79. The van der Waals surface area contributed by atoms with Crippen LogP contribution in [0.4, 0.5) is 4.39 Å². The van der Waals surface area contributed by atoms with Gasteiger partial charge in [-0.25, -0.2) is 9.18 Å². The molecule has 1 fully saturated rings. The number of hydrogen-bond donors (Lipinski definition) is 2. The standard InChI is InChI=1S/C9H11FN2O3S/c10-9(5-13)3-1-7(15-9)12-4-2-6(16)11-8(12)14/h2,4,7,13H,1,3,5H2,(H,11,14,16)/t7-,9+/m1/s1. The molecule has 5 nitrogen and oxygen atoms in total. The van der Waals surface area contributed by atoms with E-state index < -0.39 is 24.4 Å². The van der Waals surface area contributed by atoms with E-state index in [1.165, 1.54) is 16.8 Å². The Labute approximate surface area is 95.5 Å². The minimum absolute atomic E-state index is 0.0657. The number of rotatable bonds is 2. The fraction of sp³-hybridized carbons (Fsp3) is 0.556. The molecule has 1 aliphatic heterocycles. The van der Waals surface area contributed by atoms with E-state index in [0.717, 1.165) is 0 Å². The highest BCUT2D eigenvalue weighted by molar-refractivity contribution is 7.71. The predicted molar refractivity (Wildman–Crippen MR) is 56.2 cm³/mol. The zero-order chi connectivity index (χ0) is 11.8. The van der Waals surface area contributed by atoms with Gasteiger partial charge in [0.15, 0.2) is 0 Å². The monoisotopic (exact) mass is 246 g/mol. The van der Waals surface area contributed by atoms with Gasteiger partial charge in [0.05, 0.1) is 0 Å². The molecule has 2 N–H and O–H groups in total. The zero-order valence-corrected chi connectivity index (χ0v) is 9.17. The molecular weight excluding hydrogens is 235 g/mol. The quantitative estimate of drug-likeness (QED) is 0.760. The average molecular weight is 246 g/mol. The largest absolute Gasteiger partial charge is 0.390 e. The minimum atomic E-state index is -2.04. The Bertz CT molecular complexity index is 500. The van der Waals surface area contributed by atoms with Gasteiger partial charge in [-0.3, -0.25) is 9.55 Å². The molecule has 1 aromatic rings. The molecule has 1 saturated heterocycles. The fourth-order valence-corrected chi connectivity index (χ4v) is 1.82. The SMILES string of the molecule is O=c1[nH]c(=S)ccn1[C@H]1CC[C@@](F)(CO)O1. The van der Waals surface area contributed by atoms with Gasteiger partial charge in [-0.1, -0.05) is 12.2 Å². The molecule has 0 amide bonds. The Balaban J connectivity index is 2.27. The summed E-state index contributed by atoms with van der Waals surface area (Å²) in [4.78, 5) is 13.9. The van der Waals surface area contributed by atoms with Crippen molar-refractivity contribution in [1.82, 2.24) is 9.55 Å². The number of aliphatic hydroxyl groups excluding tert-OH is 1. The van der Waals surface area contributed by atoms with Crippen molar-refractivity contribution in [3.05, 3.63) is 27.4 Å². The van der Waals surface area contributed by atoms with Crippen LogP contribution in [0.3, 0.4) is 0 Å². The van der Waals surface area contributed by atoms with Crippen LogP contribution in [0.5, 0.6) is 0 Å². The Morgan fingerprint density at radius 1 is 1.81 bits per heavy atom. The number of alkyl halides is 1. The molecule has 2 rings (SSSR count). The van der Waals surface area contributed by atoms with Crippen LogP contribution in [0.2, 0.25) is 0 Å². The van der Waals surface area contributed by atoms with E-state index >= 15 is 0 Å². The summed E-state index contributed by atoms with van der Waals surface area (Å²) >= 11 is 4.78. The number of aliphatic hydroxyl groups is 1. The first-order valence-electron chi connectivity index (χ1n) is 4.83. The average Bonchev–Trinajstić information content (AvgIpc) is 2.62. The molecule has 0 bridgehead atoms. The molecule has 2 atom stereocenters. The second-order valence-electron chi connectivity index (χ2n) is 3.67. The molecule has 88 valence electrons. The molecule has 0 aliphatic carbocycles. The van der Waals surface area contributed by atoms with Crippen molar-refractivity contribution in [3.63, 3.8) is 0 Å². The maximum atomic E-state index is 13.6. The van der Waals surface area contributed by atoms with Crippen LogP contribution in [0.1, 0.15) is 19.1 Å². The van der Waals surface area contributed by atoms with Gasteiger partial charge >= 0.3 is 5.69 Å². The Kier molecular flexibility index (Phi) is 2.92. The summed E-state index contributed by atoms with van der Waals surface area (Å²) < 4.78 is 20.1. The molecule has 0 saturated carbocycles. The lowest BCUT2D eigenvalue weighted by Crippen LogP contribution is -2.31. The number of aromatic amines is 1. The number of H-pyrrole nitrogens is 1. The molecule has 7 heteroatoms. The lowest BCUT2D eigenvalue weighted by Gasteiger charge is -2.18. The molecular formula is C9H11FN2O3S. The van der Waals surface area contributed by atoms with Gasteiger partial charge in [-0.15, -0.1) is 0 Å². The lowest BCUT2D eigenvalue weighted by molar-refractivity contribution is -0.177. The van der Waals surface area contributed by atoms with Crippen molar-refractivity contribution in [2.45, 2.75) is 24.9 Å². The smallest absolute Gasteiger partial charge is 0.328 e. The summed E-state index contributed by atoms with van der Waals surface area (Å²) in [6.45, 7) is -0.707. The Morgan fingerprint density at radius 3 is 3.12 bits per heavy atom. The summed E-state index contributed by atoms with van der Waals surface area (Å²) in [6, 6.07) is 1.53. The number of halogens is 1. The van der Waals surface area contributed by atoms with Crippen molar-refractivity contribution in [2.75, 3.05) is 6.61 Å². The van der Waals surface area contributed by atoms with E-state index in [9.17, 15) is 9.18 Å². The molecule has 0 spiro atoms. The summed E-state index contributed by atoms with van der Waals surface area (Å²) in [5.41, 5.74) is -0.445. The van der Waals surface area contributed by atoms with Crippen LogP contribution in [0.25, 0.3) is 0 Å². The Hall–Kier alpha value is -1.05. The lowest BCUT2D eigenvalue weighted by atomic mass is 10.2. The fourth-order valence-electron chi connectivity index (χ4n) is 1.67. The van der Waals surface area contributed by atoms with E-state index in [1.807, 2.05) is 0 Å². The van der Waals surface area contributed by atoms with Gasteiger partial charge in [0.2, 0.25) is 5.85 Å². The van der Waals surface area contributed by atoms with Crippen LogP contribution in [-0.2, 0) is 4.74 Å². The number of nitrogens with one attached hydrogen (secondary N) is 1. The maximum Gasteiger partial charge on any atom is 0.328 e. The molecule has 1 aliphatic rings. The second kappa shape index (κ2) is 4.08. The number of ether oxygens (including phenoxy) is 1. The third-order valence-electron chi connectivity index (χ3n) is 2.51. The van der Waals surface area contributed by atoms with E-state index in [1.54, 1.807) is 0 Å².